The fraction of sp³-hybridized carbons (Fsp3) is 0.400. The quantitative estimate of drug-likeness (QED) is 0.664. The van der Waals surface area contributed by atoms with Crippen molar-refractivity contribution in [1.29, 1.82) is 0 Å². The van der Waals surface area contributed by atoms with E-state index in [1.54, 1.807) is 13.3 Å². The van der Waals surface area contributed by atoms with E-state index in [9.17, 15) is 4.79 Å². The summed E-state index contributed by atoms with van der Waals surface area (Å²) >= 11 is 3.56. The molecule has 0 atom stereocenters. The van der Waals surface area contributed by atoms with E-state index in [1.165, 1.54) is 0 Å². The van der Waals surface area contributed by atoms with Gasteiger partial charge in [0.2, 0.25) is 0 Å². The van der Waals surface area contributed by atoms with Crippen LogP contribution in [0.1, 0.15) is 32.0 Å². The second kappa shape index (κ2) is 9.71. The lowest BCUT2D eigenvalue weighted by Crippen LogP contribution is -2.43. The summed E-state index contributed by atoms with van der Waals surface area (Å²) in [5.41, 5.74) is 1.70. The van der Waals surface area contributed by atoms with Gasteiger partial charge >= 0.3 is 0 Å². The molecule has 0 aliphatic rings. The summed E-state index contributed by atoms with van der Waals surface area (Å²) in [5, 5.41) is 6.22. The number of rotatable bonds is 8. The van der Waals surface area contributed by atoms with Crippen molar-refractivity contribution in [1.82, 2.24) is 15.6 Å². The molecule has 1 heterocycles. The molecule has 6 nitrogen and oxygen atoms in total. The minimum atomic E-state index is -0.297. The van der Waals surface area contributed by atoms with Crippen LogP contribution in [-0.4, -0.2) is 30.1 Å². The molecule has 0 aliphatic carbocycles. The Morgan fingerprint density at radius 1 is 1.19 bits per heavy atom. The fourth-order valence-electron chi connectivity index (χ4n) is 2.41. The lowest BCUT2D eigenvalue weighted by Gasteiger charge is -2.21. The third-order valence-electron chi connectivity index (χ3n) is 3.55. The Hall–Kier alpha value is -2.12. The molecule has 2 rings (SSSR count). The van der Waals surface area contributed by atoms with Crippen molar-refractivity contribution < 1.29 is 14.3 Å². The van der Waals surface area contributed by atoms with Gasteiger partial charge in [-0.05, 0) is 50.6 Å². The van der Waals surface area contributed by atoms with E-state index in [1.807, 2.05) is 51.1 Å². The summed E-state index contributed by atoms with van der Waals surface area (Å²) < 4.78 is 11.9. The van der Waals surface area contributed by atoms with E-state index in [2.05, 4.69) is 31.5 Å². The third kappa shape index (κ3) is 7.19. The summed E-state index contributed by atoms with van der Waals surface area (Å²) in [6, 6.07) is 9.55. The van der Waals surface area contributed by atoms with E-state index < -0.39 is 0 Å². The SMILES string of the molecule is COc1cc(CNCc2ccccn2)c(Br)cc1OCC(=O)NC(C)(C)C. The Morgan fingerprint density at radius 3 is 2.59 bits per heavy atom. The molecular weight excluding hydrogens is 410 g/mol. The number of carbonyl (C=O) groups excluding carboxylic acids is 1. The van der Waals surface area contributed by atoms with Crippen molar-refractivity contribution in [3.05, 3.63) is 52.3 Å². The van der Waals surface area contributed by atoms with Crippen LogP contribution < -0.4 is 20.1 Å². The molecule has 2 aromatic rings. The van der Waals surface area contributed by atoms with E-state index in [4.69, 9.17) is 9.47 Å². The summed E-state index contributed by atoms with van der Waals surface area (Å²) in [6.07, 6.45) is 1.78. The predicted octanol–water partition coefficient (Wildman–Crippen LogP) is 3.44. The number of benzene rings is 1. The summed E-state index contributed by atoms with van der Waals surface area (Å²) in [5.74, 6) is 0.917. The molecule has 0 saturated heterocycles. The molecular formula is C20H26BrN3O3. The second-order valence-corrected chi connectivity index (χ2v) is 7.96. The zero-order valence-corrected chi connectivity index (χ0v) is 17.7. The van der Waals surface area contributed by atoms with Gasteiger partial charge in [0.25, 0.3) is 5.91 Å². The molecule has 0 spiro atoms. The van der Waals surface area contributed by atoms with Gasteiger partial charge in [0.1, 0.15) is 0 Å². The van der Waals surface area contributed by atoms with Gasteiger partial charge in [-0.2, -0.15) is 0 Å². The number of nitrogens with zero attached hydrogens (tertiary/aromatic N) is 1. The highest BCUT2D eigenvalue weighted by atomic mass is 79.9. The number of nitrogens with one attached hydrogen (secondary N) is 2. The van der Waals surface area contributed by atoms with Gasteiger partial charge in [0, 0.05) is 29.3 Å². The van der Waals surface area contributed by atoms with Crippen LogP contribution in [0.3, 0.4) is 0 Å². The number of pyridine rings is 1. The van der Waals surface area contributed by atoms with Crippen molar-refractivity contribution >= 4 is 21.8 Å². The Labute approximate surface area is 168 Å². The Morgan fingerprint density at radius 2 is 1.96 bits per heavy atom. The zero-order chi connectivity index (χ0) is 19.9. The Balaban J connectivity index is 1.98. The third-order valence-corrected chi connectivity index (χ3v) is 4.29. The van der Waals surface area contributed by atoms with Crippen molar-refractivity contribution in [2.45, 2.75) is 39.4 Å². The lowest BCUT2D eigenvalue weighted by atomic mass is 10.1. The number of methoxy groups -OCH3 is 1. The molecule has 0 fully saturated rings. The van der Waals surface area contributed by atoms with Crippen LogP contribution >= 0.6 is 15.9 Å². The first-order valence-corrected chi connectivity index (χ1v) is 9.48. The van der Waals surface area contributed by atoms with Crippen LogP contribution in [0.5, 0.6) is 11.5 Å². The highest BCUT2D eigenvalue weighted by molar-refractivity contribution is 9.10. The van der Waals surface area contributed by atoms with Crippen molar-refractivity contribution in [3.63, 3.8) is 0 Å². The smallest absolute Gasteiger partial charge is 0.258 e. The van der Waals surface area contributed by atoms with E-state index in [0.717, 1.165) is 15.7 Å². The molecule has 0 bridgehead atoms. The highest BCUT2D eigenvalue weighted by Gasteiger charge is 2.16. The van der Waals surface area contributed by atoms with Crippen LogP contribution in [0.15, 0.2) is 41.0 Å². The van der Waals surface area contributed by atoms with Gasteiger partial charge in [0.05, 0.1) is 12.8 Å². The second-order valence-electron chi connectivity index (χ2n) is 7.11. The Bertz CT molecular complexity index is 761. The number of hydrogen-bond acceptors (Lipinski definition) is 5. The van der Waals surface area contributed by atoms with Gasteiger partial charge in [-0.25, -0.2) is 0 Å². The van der Waals surface area contributed by atoms with E-state index >= 15 is 0 Å². The molecule has 1 aromatic carbocycles. The summed E-state index contributed by atoms with van der Waals surface area (Å²) in [4.78, 5) is 16.2. The first-order valence-electron chi connectivity index (χ1n) is 8.69. The van der Waals surface area contributed by atoms with Crippen LogP contribution in [0.2, 0.25) is 0 Å². The molecule has 0 radical (unpaired) electrons. The maximum atomic E-state index is 12.0. The fourth-order valence-corrected chi connectivity index (χ4v) is 2.87. The van der Waals surface area contributed by atoms with Gasteiger partial charge < -0.3 is 20.1 Å². The maximum absolute atomic E-state index is 12.0. The average Bonchev–Trinajstić information content (AvgIpc) is 2.61. The largest absolute Gasteiger partial charge is 0.493 e. The lowest BCUT2D eigenvalue weighted by molar-refractivity contribution is -0.124. The van der Waals surface area contributed by atoms with E-state index in [0.29, 0.717) is 24.6 Å². The molecule has 146 valence electrons. The van der Waals surface area contributed by atoms with Gasteiger partial charge in [0.15, 0.2) is 18.1 Å². The minimum Gasteiger partial charge on any atom is -0.493 e. The van der Waals surface area contributed by atoms with Gasteiger partial charge in [-0.15, -0.1) is 0 Å². The molecule has 0 unspecified atom stereocenters. The number of amides is 1. The van der Waals surface area contributed by atoms with Crippen molar-refractivity contribution in [2.75, 3.05) is 13.7 Å². The first-order chi connectivity index (χ1) is 12.8. The molecule has 7 heteroatoms. The molecule has 1 amide bonds. The number of halogens is 1. The predicted molar refractivity (Wildman–Crippen MR) is 109 cm³/mol. The number of carbonyl (C=O) groups is 1. The molecule has 0 saturated carbocycles. The highest BCUT2D eigenvalue weighted by Crippen LogP contribution is 2.33. The summed E-state index contributed by atoms with van der Waals surface area (Å²) in [6.45, 7) is 7.01. The van der Waals surface area contributed by atoms with Gasteiger partial charge in [-0.3, -0.25) is 9.78 Å². The molecule has 2 N–H and O–H groups in total. The summed E-state index contributed by atoms with van der Waals surface area (Å²) in [7, 11) is 1.58. The number of ether oxygens (including phenoxy) is 2. The molecule has 0 aliphatic heterocycles. The van der Waals surface area contributed by atoms with Crippen LogP contribution in [0.4, 0.5) is 0 Å². The minimum absolute atomic E-state index is 0.0721. The van der Waals surface area contributed by atoms with Crippen molar-refractivity contribution in [3.8, 4) is 11.5 Å². The standard InChI is InChI=1S/C20H26BrN3O3/c1-20(2,3)24-19(25)13-27-18-10-16(21)14(9-17(18)26-4)11-22-12-15-7-5-6-8-23-15/h5-10,22H,11-13H2,1-4H3,(H,24,25). The van der Waals surface area contributed by atoms with Crippen LogP contribution in [0.25, 0.3) is 0 Å². The van der Waals surface area contributed by atoms with Gasteiger partial charge in [-0.1, -0.05) is 22.0 Å². The number of aromatic nitrogens is 1. The van der Waals surface area contributed by atoms with Crippen LogP contribution in [-0.2, 0) is 17.9 Å². The first kappa shape index (κ1) is 21.2. The average molecular weight is 436 g/mol. The van der Waals surface area contributed by atoms with Crippen LogP contribution in [0, 0.1) is 0 Å². The number of hydrogen-bond donors (Lipinski definition) is 2. The maximum Gasteiger partial charge on any atom is 0.258 e. The van der Waals surface area contributed by atoms with E-state index in [-0.39, 0.29) is 18.1 Å². The topological polar surface area (TPSA) is 72.5 Å². The normalized spacial score (nSPS) is 11.1. The molecule has 27 heavy (non-hydrogen) atoms. The Kier molecular flexibility index (Phi) is 7.62. The van der Waals surface area contributed by atoms with Crippen molar-refractivity contribution in [2.24, 2.45) is 0 Å². The monoisotopic (exact) mass is 435 g/mol. The molecule has 1 aromatic heterocycles. The zero-order valence-electron chi connectivity index (χ0n) is 16.1.